The van der Waals surface area contributed by atoms with Gasteiger partial charge in [0, 0.05) is 13.2 Å². The highest BCUT2D eigenvalue weighted by molar-refractivity contribution is 5.67. The number of ether oxygens (including phenoxy) is 3. The maximum Gasteiger partial charge on any atom is 0.409 e. The number of methoxy groups -OCH3 is 1. The van der Waals surface area contributed by atoms with Crippen LogP contribution in [-0.2, 0) is 14.2 Å². The smallest absolute Gasteiger partial charge is 0.409 e. The van der Waals surface area contributed by atoms with E-state index in [0.717, 1.165) is 32.3 Å². The molecule has 2 fully saturated rings. The zero-order chi connectivity index (χ0) is 11.4. The van der Waals surface area contributed by atoms with Gasteiger partial charge in [-0.25, -0.2) is 4.79 Å². The second-order valence-corrected chi connectivity index (χ2v) is 4.26. The number of carbonyl (C=O) groups excluding carboxylic acids is 1. The first kappa shape index (κ1) is 11.7. The first-order valence-corrected chi connectivity index (χ1v) is 5.89. The van der Waals surface area contributed by atoms with Crippen LogP contribution in [0.2, 0.25) is 0 Å². The van der Waals surface area contributed by atoms with Crippen molar-refractivity contribution in [2.75, 3.05) is 26.8 Å². The lowest BCUT2D eigenvalue weighted by Crippen LogP contribution is -2.32. The van der Waals surface area contributed by atoms with Crippen LogP contribution in [0.15, 0.2) is 0 Å². The Morgan fingerprint density at radius 1 is 1.38 bits per heavy atom. The molecular weight excluding hydrogens is 210 g/mol. The van der Waals surface area contributed by atoms with Crippen molar-refractivity contribution in [2.45, 2.75) is 38.1 Å². The zero-order valence-electron chi connectivity index (χ0n) is 9.68. The van der Waals surface area contributed by atoms with E-state index in [1.807, 2.05) is 0 Å². The molecule has 2 saturated heterocycles. The van der Waals surface area contributed by atoms with Gasteiger partial charge in [0.15, 0.2) is 6.29 Å². The molecule has 0 spiro atoms. The van der Waals surface area contributed by atoms with E-state index in [1.165, 1.54) is 7.11 Å². The first-order chi connectivity index (χ1) is 7.79. The molecule has 0 saturated carbocycles. The fourth-order valence-corrected chi connectivity index (χ4v) is 2.17. The summed E-state index contributed by atoms with van der Waals surface area (Å²) in [5.41, 5.74) is 0. The lowest BCUT2D eigenvalue weighted by molar-refractivity contribution is -0.184. The molecule has 2 aliphatic rings. The van der Waals surface area contributed by atoms with Gasteiger partial charge in [-0.2, -0.15) is 0 Å². The van der Waals surface area contributed by atoms with Crippen LogP contribution >= 0.6 is 0 Å². The van der Waals surface area contributed by atoms with E-state index in [9.17, 15) is 4.79 Å². The van der Waals surface area contributed by atoms with E-state index in [1.54, 1.807) is 4.90 Å². The Labute approximate surface area is 95.6 Å². The van der Waals surface area contributed by atoms with E-state index in [4.69, 9.17) is 9.47 Å². The lowest BCUT2D eigenvalue weighted by atomic mass is 10.2. The maximum atomic E-state index is 11.3. The van der Waals surface area contributed by atoms with Crippen molar-refractivity contribution in [2.24, 2.45) is 0 Å². The standard InChI is InChI=1S/C11H19NO4/c1-14-11(13)12-6-5-9(8-12)16-10-4-2-3-7-15-10/h9-10H,2-8H2,1H3/t9-,10?/m1/s1. The predicted octanol–water partition coefficient (Wildman–Crippen LogP) is 1.37. The third-order valence-corrected chi connectivity index (χ3v) is 3.06. The summed E-state index contributed by atoms with van der Waals surface area (Å²) in [6, 6.07) is 0. The molecule has 2 rings (SSSR count). The highest BCUT2D eigenvalue weighted by atomic mass is 16.7. The molecule has 16 heavy (non-hydrogen) atoms. The third-order valence-electron chi connectivity index (χ3n) is 3.06. The number of amides is 1. The predicted molar refractivity (Wildman–Crippen MR) is 57.1 cm³/mol. The SMILES string of the molecule is COC(=O)N1CC[C@@H](OC2CCCCO2)C1. The van der Waals surface area contributed by atoms with E-state index >= 15 is 0 Å². The van der Waals surface area contributed by atoms with Crippen molar-refractivity contribution in [3.8, 4) is 0 Å². The first-order valence-electron chi connectivity index (χ1n) is 5.89. The van der Waals surface area contributed by atoms with E-state index < -0.39 is 0 Å². The van der Waals surface area contributed by atoms with Gasteiger partial charge in [-0.3, -0.25) is 0 Å². The highest BCUT2D eigenvalue weighted by Gasteiger charge is 2.29. The summed E-state index contributed by atoms with van der Waals surface area (Å²) < 4.78 is 16.0. The summed E-state index contributed by atoms with van der Waals surface area (Å²) in [6.07, 6.45) is 3.88. The minimum Gasteiger partial charge on any atom is -0.453 e. The molecule has 5 heteroatoms. The van der Waals surface area contributed by atoms with Gasteiger partial charge in [0.05, 0.1) is 19.8 Å². The van der Waals surface area contributed by atoms with E-state index in [0.29, 0.717) is 13.1 Å². The van der Waals surface area contributed by atoms with Gasteiger partial charge in [-0.1, -0.05) is 0 Å². The average molecular weight is 229 g/mol. The monoisotopic (exact) mass is 229 g/mol. The van der Waals surface area contributed by atoms with Gasteiger partial charge in [0.25, 0.3) is 0 Å². The Morgan fingerprint density at radius 2 is 2.25 bits per heavy atom. The summed E-state index contributed by atoms with van der Waals surface area (Å²) in [6.45, 7) is 2.12. The van der Waals surface area contributed by atoms with Gasteiger partial charge in [-0.05, 0) is 25.7 Å². The van der Waals surface area contributed by atoms with Crippen molar-refractivity contribution in [1.82, 2.24) is 4.90 Å². The molecule has 0 bridgehead atoms. The molecule has 0 N–H and O–H groups in total. The average Bonchev–Trinajstić information content (AvgIpc) is 2.78. The Kier molecular flexibility index (Phi) is 4.01. The Balaban J connectivity index is 1.73. The molecule has 5 nitrogen and oxygen atoms in total. The van der Waals surface area contributed by atoms with Crippen LogP contribution in [-0.4, -0.2) is 50.2 Å². The molecule has 1 unspecified atom stereocenters. The second kappa shape index (κ2) is 5.50. The van der Waals surface area contributed by atoms with Gasteiger partial charge in [0.1, 0.15) is 0 Å². The molecule has 0 aromatic carbocycles. The van der Waals surface area contributed by atoms with Crippen LogP contribution < -0.4 is 0 Å². The number of hydrogen-bond acceptors (Lipinski definition) is 4. The molecule has 1 amide bonds. The maximum absolute atomic E-state index is 11.3. The van der Waals surface area contributed by atoms with Gasteiger partial charge >= 0.3 is 6.09 Å². The number of nitrogens with zero attached hydrogens (tertiary/aromatic N) is 1. The molecule has 2 atom stereocenters. The fourth-order valence-electron chi connectivity index (χ4n) is 2.17. The van der Waals surface area contributed by atoms with E-state index in [-0.39, 0.29) is 18.5 Å². The third kappa shape index (κ3) is 2.86. The second-order valence-electron chi connectivity index (χ2n) is 4.26. The van der Waals surface area contributed by atoms with Crippen LogP contribution in [0.1, 0.15) is 25.7 Å². The molecule has 0 aliphatic carbocycles. The molecule has 92 valence electrons. The van der Waals surface area contributed by atoms with E-state index in [2.05, 4.69) is 4.74 Å². The van der Waals surface area contributed by atoms with Gasteiger partial charge < -0.3 is 19.1 Å². The summed E-state index contributed by atoms with van der Waals surface area (Å²) in [5, 5.41) is 0. The minimum absolute atomic E-state index is 0.0728. The van der Waals surface area contributed by atoms with Gasteiger partial charge in [0.2, 0.25) is 0 Å². The van der Waals surface area contributed by atoms with Crippen molar-refractivity contribution in [1.29, 1.82) is 0 Å². The summed E-state index contributed by atoms with van der Waals surface area (Å²) in [5.74, 6) is 0. The number of carbonyl (C=O) groups is 1. The zero-order valence-corrected chi connectivity index (χ0v) is 9.68. The molecule has 2 heterocycles. The Bertz CT molecular complexity index is 240. The van der Waals surface area contributed by atoms with Crippen molar-refractivity contribution in [3.63, 3.8) is 0 Å². The summed E-state index contributed by atoms with van der Waals surface area (Å²) in [4.78, 5) is 12.9. The largest absolute Gasteiger partial charge is 0.453 e. The lowest BCUT2D eigenvalue weighted by Gasteiger charge is -2.25. The van der Waals surface area contributed by atoms with Crippen LogP contribution in [0.5, 0.6) is 0 Å². The van der Waals surface area contributed by atoms with Crippen molar-refractivity contribution < 1.29 is 19.0 Å². The summed E-state index contributed by atoms with van der Waals surface area (Å²) in [7, 11) is 1.40. The van der Waals surface area contributed by atoms with Crippen molar-refractivity contribution >= 4 is 6.09 Å². The molecule has 0 radical (unpaired) electrons. The minimum atomic E-state index is -0.268. The highest BCUT2D eigenvalue weighted by Crippen LogP contribution is 2.20. The van der Waals surface area contributed by atoms with Crippen LogP contribution in [0.25, 0.3) is 0 Å². The van der Waals surface area contributed by atoms with Gasteiger partial charge in [-0.15, -0.1) is 0 Å². The molecule has 0 aromatic heterocycles. The Morgan fingerprint density at radius 3 is 2.94 bits per heavy atom. The Hall–Kier alpha value is -0.810. The van der Waals surface area contributed by atoms with Crippen molar-refractivity contribution in [3.05, 3.63) is 0 Å². The van der Waals surface area contributed by atoms with Crippen LogP contribution in [0.4, 0.5) is 4.79 Å². The van der Waals surface area contributed by atoms with Crippen LogP contribution in [0, 0.1) is 0 Å². The number of likely N-dealkylation sites (tertiary alicyclic amines) is 1. The molecular formula is C11H19NO4. The molecule has 2 aliphatic heterocycles. The van der Waals surface area contributed by atoms with Crippen LogP contribution in [0.3, 0.4) is 0 Å². The summed E-state index contributed by atoms with van der Waals surface area (Å²) >= 11 is 0. The number of hydrogen-bond donors (Lipinski definition) is 0. The molecule has 0 aromatic rings. The number of rotatable bonds is 2. The topological polar surface area (TPSA) is 48.0 Å². The quantitative estimate of drug-likeness (QED) is 0.717. The fraction of sp³-hybridized carbons (Fsp3) is 0.909. The normalized spacial score (nSPS) is 30.4.